The van der Waals surface area contributed by atoms with Crippen molar-refractivity contribution in [1.29, 1.82) is 0 Å². The molecule has 0 aliphatic carbocycles. The number of halogens is 3. The predicted molar refractivity (Wildman–Crippen MR) is 107 cm³/mol. The third-order valence-electron chi connectivity index (χ3n) is 4.23. The zero-order valence-corrected chi connectivity index (χ0v) is 17.5. The van der Waals surface area contributed by atoms with Crippen LogP contribution in [-0.2, 0) is 21.4 Å². The third-order valence-corrected chi connectivity index (χ3v) is 5.43. The fourth-order valence-electron chi connectivity index (χ4n) is 2.68. The molecule has 1 unspecified atom stereocenters. The molecule has 0 spiro atoms. The quantitative estimate of drug-likeness (QED) is 0.617. The lowest BCUT2D eigenvalue weighted by atomic mass is 10.1. The number of benzene rings is 2. The SMILES string of the molecule is CC(C(=O)NCc1cccc(F)c1)c1nc(-c2ccc(Cl)c(F)c2)nn1S(C)(=O)=O. The third kappa shape index (κ3) is 4.82. The maximum absolute atomic E-state index is 13.8. The van der Waals surface area contributed by atoms with Crippen molar-refractivity contribution in [2.24, 2.45) is 0 Å². The average Bonchev–Trinajstić information content (AvgIpc) is 3.13. The van der Waals surface area contributed by atoms with Gasteiger partial charge in [0.2, 0.25) is 5.91 Å². The topological polar surface area (TPSA) is 93.9 Å². The van der Waals surface area contributed by atoms with E-state index in [1.165, 1.54) is 37.3 Å². The first kappa shape index (κ1) is 21.8. The van der Waals surface area contributed by atoms with Crippen molar-refractivity contribution >= 4 is 27.5 Å². The normalized spacial score (nSPS) is 12.6. The zero-order chi connectivity index (χ0) is 22.1. The van der Waals surface area contributed by atoms with E-state index in [1.54, 1.807) is 6.07 Å². The van der Waals surface area contributed by atoms with E-state index < -0.39 is 33.5 Å². The first-order chi connectivity index (χ1) is 14.1. The molecule has 0 saturated heterocycles. The lowest BCUT2D eigenvalue weighted by Gasteiger charge is -2.12. The molecule has 158 valence electrons. The molecule has 7 nitrogen and oxygen atoms in total. The van der Waals surface area contributed by atoms with Crippen LogP contribution in [0.3, 0.4) is 0 Å². The summed E-state index contributed by atoms with van der Waals surface area (Å²) in [5, 5.41) is 6.44. The standard InChI is InChI=1S/C19H17ClF2N4O3S/c1-11(19(27)23-10-12-4-3-5-14(21)8-12)18-24-17(25-26(18)30(2,28)29)13-6-7-15(20)16(22)9-13/h3-9,11H,10H2,1-2H3,(H,23,27). The molecular weight excluding hydrogens is 438 g/mol. The number of nitrogens with one attached hydrogen (secondary N) is 1. The van der Waals surface area contributed by atoms with Crippen LogP contribution in [-0.4, -0.2) is 34.8 Å². The van der Waals surface area contributed by atoms with Crippen molar-refractivity contribution in [2.75, 3.05) is 6.26 Å². The van der Waals surface area contributed by atoms with Crippen molar-refractivity contribution < 1.29 is 22.0 Å². The summed E-state index contributed by atoms with van der Waals surface area (Å²) in [5.74, 6) is -2.91. The van der Waals surface area contributed by atoms with E-state index in [0.717, 1.165) is 12.3 Å². The molecule has 2 aromatic carbocycles. The molecule has 0 fully saturated rings. The Morgan fingerprint density at radius 3 is 2.60 bits per heavy atom. The van der Waals surface area contributed by atoms with Crippen molar-refractivity contribution in [3.8, 4) is 11.4 Å². The number of nitrogens with zero attached hydrogens (tertiary/aromatic N) is 3. The molecular formula is C19H17ClF2N4O3S. The molecule has 0 radical (unpaired) electrons. The van der Waals surface area contributed by atoms with Gasteiger partial charge in [0.25, 0.3) is 10.0 Å². The Kier molecular flexibility index (Phi) is 6.18. The highest BCUT2D eigenvalue weighted by Crippen LogP contribution is 2.25. The van der Waals surface area contributed by atoms with Crippen LogP contribution >= 0.6 is 11.6 Å². The number of carbonyl (C=O) groups is 1. The Labute approximate surface area is 176 Å². The Morgan fingerprint density at radius 1 is 1.23 bits per heavy atom. The number of carbonyl (C=O) groups excluding carboxylic acids is 1. The van der Waals surface area contributed by atoms with Gasteiger partial charge in [-0.2, -0.15) is 0 Å². The van der Waals surface area contributed by atoms with Crippen molar-refractivity contribution in [2.45, 2.75) is 19.4 Å². The van der Waals surface area contributed by atoms with Crippen molar-refractivity contribution in [1.82, 2.24) is 19.5 Å². The van der Waals surface area contributed by atoms with E-state index in [4.69, 9.17) is 11.6 Å². The highest BCUT2D eigenvalue weighted by Gasteiger charge is 2.27. The van der Waals surface area contributed by atoms with Crippen LogP contribution in [0.15, 0.2) is 42.5 Å². The van der Waals surface area contributed by atoms with Gasteiger partial charge in [0, 0.05) is 12.1 Å². The monoisotopic (exact) mass is 454 g/mol. The molecule has 1 amide bonds. The summed E-state index contributed by atoms with van der Waals surface area (Å²) in [5.41, 5.74) is 0.741. The lowest BCUT2D eigenvalue weighted by Crippen LogP contribution is -2.30. The first-order valence-electron chi connectivity index (χ1n) is 8.71. The molecule has 0 aliphatic heterocycles. The van der Waals surface area contributed by atoms with Gasteiger partial charge >= 0.3 is 0 Å². The molecule has 3 aromatic rings. The van der Waals surface area contributed by atoms with Crippen molar-refractivity contribution in [3.05, 3.63) is 70.5 Å². The summed E-state index contributed by atoms with van der Waals surface area (Å²) < 4.78 is 52.0. The second-order valence-corrected chi connectivity index (χ2v) is 8.82. The summed E-state index contributed by atoms with van der Waals surface area (Å²) in [6, 6.07) is 9.51. The average molecular weight is 455 g/mol. The van der Waals surface area contributed by atoms with E-state index in [1.807, 2.05) is 0 Å². The number of aromatic nitrogens is 3. The van der Waals surface area contributed by atoms with Crippen molar-refractivity contribution in [3.63, 3.8) is 0 Å². The molecule has 30 heavy (non-hydrogen) atoms. The van der Waals surface area contributed by atoms with Crippen LogP contribution in [0.4, 0.5) is 8.78 Å². The molecule has 1 heterocycles. The Hall–Kier alpha value is -2.85. The van der Waals surface area contributed by atoms with Gasteiger partial charge in [-0.3, -0.25) is 4.79 Å². The molecule has 0 bridgehead atoms. The summed E-state index contributed by atoms with van der Waals surface area (Å²) in [6.45, 7) is 1.50. The minimum absolute atomic E-state index is 0.0448. The highest BCUT2D eigenvalue weighted by molar-refractivity contribution is 7.89. The van der Waals surface area contributed by atoms with Crippen LogP contribution in [0.1, 0.15) is 24.2 Å². The van der Waals surface area contributed by atoms with Gasteiger partial charge in [0.1, 0.15) is 11.6 Å². The molecule has 0 aliphatic rings. The fraction of sp³-hybridized carbons (Fsp3) is 0.211. The summed E-state index contributed by atoms with van der Waals surface area (Å²) in [7, 11) is -3.90. The molecule has 3 rings (SSSR count). The number of amides is 1. The summed E-state index contributed by atoms with van der Waals surface area (Å²) >= 11 is 5.67. The van der Waals surface area contributed by atoms with E-state index >= 15 is 0 Å². The molecule has 1 N–H and O–H groups in total. The number of hydrogen-bond acceptors (Lipinski definition) is 5. The van der Waals surface area contributed by atoms with Gasteiger partial charge in [-0.05, 0) is 42.8 Å². The van der Waals surface area contributed by atoms with E-state index in [9.17, 15) is 22.0 Å². The highest BCUT2D eigenvalue weighted by atomic mass is 35.5. The van der Waals surface area contributed by atoms with Crippen LogP contribution < -0.4 is 5.32 Å². The number of rotatable bonds is 6. The van der Waals surface area contributed by atoms with E-state index in [-0.39, 0.29) is 28.8 Å². The molecule has 0 saturated carbocycles. The second kappa shape index (κ2) is 8.49. The number of hydrogen-bond donors (Lipinski definition) is 1. The van der Waals surface area contributed by atoms with E-state index in [0.29, 0.717) is 9.65 Å². The van der Waals surface area contributed by atoms with Gasteiger partial charge < -0.3 is 5.32 Å². The van der Waals surface area contributed by atoms with Gasteiger partial charge in [-0.15, -0.1) is 9.19 Å². The minimum Gasteiger partial charge on any atom is -0.351 e. The summed E-state index contributed by atoms with van der Waals surface area (Å²) in [4.78, 5) is 16.7. The second-order valence-electron chi connectivity index (χ2n) is 6.60. The first-order valence-corrected chi connectivity index (χ1v) is 10.9. The Morgan fingerprint density at radius 2 is 1.97 bits per heavy atom. The van der Waals surface area contributed by atoms with E-state index in [2.05, 4.69) is 15.4 Å². The Bertz CT molecular complexity index is 1210. The van der Waals surface area contributed by atoms with Gasteiger partial charge in [-0.25, -0.2) is 22.2 Å². The van der Waals surface area contributed by atoms with Crippen LogP contribution in [0.2, 0.25) is 5.02 Å². The predicted octanol–water partition coefficient (Wildman–Crippen LogP) is 3.10. The molecule has 11 heteroatoms. The molecule has 1 atom stereocenters. The fourth-order valence-corrected chi connectivity index (χ4v) is 3.56. The van der Waals surface area contributed by atoms with Crippen LogP contribution in [0.25, 0.3) is 11.4 Å². The smallest absolute Gasteiger partial charge is 0.252 e. The Balaban J connectivity index is 1.90. The zero-order valence-electron chi connectivity index (χ0n) is 15.9. The lowest BCUT2D eigenvalue weighted by molar-refractivity contribution is -0.122. The van der Waals surface area contributed by atoms with Gasteiger partial charge in [-0.1, -0.05) is 23.7 Å². The van der Waals surface area contributed by atoms with Gasteiger partial charge in [0.15, 0.2) is 11.6 Å². The summed E-state index contributed by atoms with van der Waals surface area (Å²) in [6.07, 6.45) is 0.911. The minimum atomic E-state index is -3.90. The largest absolute Gasteiger partial charge is 0.351 e. The van der Waals surface area contributed by atoms with Gasteiger partial charge in [0.05, 0.1) is 17.2 Å². The van der Waals surface area contributed by atoms with Crippen LogP contribution in [0.5, 0.6) is 0 Å². The maximum Gasteiger partial charge on any atom is 0.252 e. The molecule has 1 aromatic heterocycles. The van der Waals surface area contributed by atoms with Crippen LogP contribution in [0, 0.1) is 11.6 Å². The maximum atomic E-state index is 13.8.